The van der Waals surface area contributed by atoms with Crippen LogP contribution in [0.15, 0.2) is 237 Å². The fourth-order valence-electron chi connectivity index (χ4n) is 9.96. The molecule has 1 heteroatoms. The molecule has 11 rings (SSSR count). The lowest BCUT2D eigenvalue weighted by atomic mass is 9.82. The highest BCUT2D eigenvalue weighted by Crippen LogP contribution is 2.53. The molecule has 294 valence electrons. The van der Waals surface area contributed by atoms with E-state index in [1.807, 2.05) is 0 Å². The van der Waals surface area contributed by atoms with Crippen molar-refractivity contribution in [1.29, 1.82) is 0 Å². The molecule has 0 heterocycles. The van der Waals surface area contributed by atoms with E-state index in [1.165, 1.54) is 88.7 Å². The number of rotatable bonds is 8. The van der Waals surface area contributed by atoms with Gasteiger partial charge in [0.05, 0.1) is 5.69 Å². The fourth-order valence-corrected chi connectivity index (χ4v) is 9.96. The van der Waals surface area contributed by atoms with Crippen molar-refractivity contribution in [2.24, 2.45) is 0 Å². The van der Waals surface area contributed by atoms with Crippen LogP contribution in [0.5, 0.6) is 0 Å². The molecular formula is C61H45N. The van der Waals surface area contributed by atoms with Gasteiger partial charge in [-0.05, 0) is 113 Å². The minimum Gasteiger partial charge on any atom is -0.310 e. The van der Waals surface area contributed by atoms with Crippen molar-refractivity contribution in [2.45, 2.75) is 19.3 Å². The molecular weight excluding hydrogens is 747 g/mol. The molecule has 1 aliphatic carbocycles. The summed E-state index contributed by atoms with van der Waals surface area (Å²) in [6.07, 6.45) is 0. The van der Waals surface area contributed by atoms with E-state index >= 15 is 0 Å². The van der Waals surface area contributed by atoms with Gasteiger partial charge < -0.3 is 4.90 Å². The molecule has 0 radical (unpaired) electrons. The Morgan fingerprint density at radius 3 is 1.48 bits per heavy atom. The quantitative estimate of drug-likeness (QED) is 0.148. The van der Waals surface area contributed by atoms with Gasteiger partial charge in [0.25, 0.3) is 0 Å². The third-order valence-corrected chi connectivity index (χ3v) is 12.9. The van der Waals surface area contributed by atoms with Crippen molar-refractivity contribution in [2.75, 3.05) is 4.90 Å². The van der Waals surface area contributed by atoms with Crippen LogP contribution in [0.4, 0.5) is 17.1 Å². The van der Waals surface area contributed by atoms with Crippen LogP contribution in [0.25, 0.3) is 77.5 Å². The van der Waals surface area contributed by atoms with E-state index in [0.717, 1.165) is 17.1 Å². The van der Waals surface area contributed by atoms with Crippen molar-refractivity contribution in [3.05, 3.63) is 248 Å². The lowest BCUT2D eigenvalue weighted by Gasteiger charge is -2.30. The number of hydrogen-bond acceptors (Lipinski definition) is 1. The molecule has 0 unspecified atom stereocenters. The van der Waals surface area contributed by atoms with E-state index in [9.17, 15) is 0 Å². The maximum atomic E-state index is 2.49. The Bertz CT molecular complexity index is 3260. The highest BCUT2D eigenvalue weighted by Gasteiger charge is 2.36. The van der Waals surface area contributed by atoms with E-state index in [-0.39, 0.29) is 5.41 Å². The topological polar surface area (TPSA) is 3.24 Å². The van der Waals surface area contributed by atoms with Gasteiger partial charge in [0.15, 0.2) is 0 Å². The average molecular weight is 792 g/mol. The molecule has 0 amide bonds. The van der Waals surface area contributed by atoms with Crippen LogP contribution in [0.2, 0.25) is 0 Å². The average Bonchev–Trinajstić information content (AvgIpc) is 3.58. The van der Waals surface area contributed by atoms with Gasteiger partial charge in [0.1, 0.15) is 0 Å². The number of benzene rings is 10. The molecule has 0 bridgehead atoms. The molecule has 0 aliphatic heterocycles. The summed E-state index contributed by atoms with van der Waals surface area (Å²) in [5.41, 5.74) is 20.5. The summed E-state index contributed by atoms with van der Waals surface area (Å²) in [5.74, 6) is 0. The lowest BCUT2D eigenvalue weighted by Crippen LogP contribution is -2.14. The summed E-state index contributed by atoms with van der Waals surface area (Å²) in [6.45, 7) is 4.72. The molecule has 1 aliphatic rings. The van der Waals surface area contributed by atoms with Crippen molar-refractivity contribution in [3.63, 3.8) is 0 Å². The smallest absolute Gasteiger partial charge is 0.0546 e. The Hall–Kier alpha value is -7.74. The molecule has 0 fully saturated rings. The van der Waals surface area contributed by atoms with Crippen molar-refractivity contribution >= 4 is 27.8 Å². The van der Waals surface area contributed by atoms with Crippen molar-refractivity contribution in [1.82, 2.24) is 0 Å². The number of hydrogen-bond donors (Lipinski definition) is 0. The van der Waals surface area contributed by atoms with Crippen LogP contribution in [-0.2, 0) is 5.41 Å². The molecule has 10 aromatic carbocycles. The summed E-state index contributed by atoms with van der Waals surface area (Å²) < 4.78 is 0. The summed E-state index contributed by atoms with van der Waals surface area (Å²) >= 11 is 0. The molecule has 0 spiro atoms. The highest BCUT2D eigenvalue weighted by atomic mass is 15.1. The van der Waals surface area contributed by atoms with Crippen LogP contribution in [0.1, 0.15) is 25.0 Å². The standard InChI is InChI=1S/C61H45N/c1-61(2)56-37-14-13-33-55(56)59-53(35-18-38-57(59)61)46-27-16-29-48(41-46)62(47-28-15-26-45(40-47)51-34-17-25-43-24-9-10-30-49(43)51)58-39-19-36-52(44-22-7-4-8-23-44)60(58)54-32-12-11-31-50(54)42-20-5-3-6-21-42/h3-41H,1-2H3. The molecule has 0 atom stereocenters. The molecule has 10 aromatic rings. The zero-order valence-electron chi connectivity index (χ0n) is 35.0. The SMILES string of the molecule is CC1(C)c2ccccc2-c2c(-c3cccc(N(c4cccc(-c5cccc6ccccc56)c4)c4cccc(-c5ccccc5)c4-c4ccccc4-c4ccccc4)c3)cccc21. The predicted molar refractivity (Wildman–Crippen MR) is 263 cm³/mol. The van der Waals surface area contributed by atoms with Gasteiger partial charge in [-0.1, -0.05) is 220 Å². The Labute approximate surface area is 364 Å². The Balaban J connectivity index is 1.19. The molecule has 0 saturated heterocycles. The second-order valence-corrected chi connectivity index (χ2v) is 16.8. The third-order valence-electron chi connectivity index (χ3n) is 12.9. The van der Waals surface area contributed by atoms with E-state index in [2.05, 4.69) is 255 Å². The molecule has 62 heavy (non-hydrogen) atoms. The van der Waals surface area contributed by atoms with Gasteiger partial charge in [-0.2, -0.15) is 0 Å². The summed E-state index contributed by atoms with van der Waals surface area (Å²) in [4.78, 5) is 2.49. The first kappa shape index (κ1) is 37.3. The second-order valence-electron chi connectivity index (χ2n) is 16.8. The van der Waals surface area contributed by atoms with E-state index < -0.39 is 0 Å². The summed E-state index contributed by atoms with van der Waals surface area (Å²) in [7, 11) is 0. The minimum absolute atomic E-state index is 0.0907. The van der Waals surface area contributed by atoms with E-state index in [4.69, 9.17) is 0 Å². The maximum Gasteiger partial charge on any atom is 0.0546 e. The van der Waals surface area contributed by atoms with Crippen LogP contribution in [-0.4, -0.2) is 0 Å². The Kier molecular flexibility index (Phi) is 9.24. The first-order valence-electron chi connectivity index (χ1n) is 21.6. The second kappa shape index (κ2) is 15.4. The van der Waals surface area contributed by atoms with Crippen molar-refractivity contribution in [3.8, 4) is 66.8 Å². The lowest BCUT2D eigenvalue weighted by molar-refractivity contribution is 0.660. The van der Waals surface area contributed by atoms with Gasteiger partial charge in [-0.15, -0.1) is 0 Å². The van der Waals surface area contributed by atoms with Gasteiger partial charge in [0, 0.05) is 22.4 Å². The van der Waals surface area contributed by atoms with Gasteiger partial charge >= 0.3 is 0 Å². The van der Waals surface area contributed by atoms with Crippen molar-refractivity contribution < 1.29 is 0 Å². The Morgan fingerprint density at radius 1 is 0.306 bits per heavy atom. The van der Waals surface area contributed by atoms with Gasteiger partial charge in [0.2, 0.25) is 0 Å². The first-order chi connectivity index (χ1) is 30.5. The number of fused-ring (bicyclic) bond motifs is 4. The molecule has 0 N–H and O–H groups in total. The molecule has 0 aromatic heterocycles. The fraction of sp³-hybridized carbons (Fsp3) is 0.0492. The zero-order chi connectivity index (χ0) is 41.6. The summed E-state index contributed by atoms with van der Waals surface area (Å²) in [5, 5.41) is 2.47. The predicted octanol–water partition coefficient (Wildman–Crippen LogP) is 17.0. The normalized spacial score (nSPS) is 12.5. The first-order valence-corrected chi connectivity index (χ1v) is 21.6. The monoisotopic (exact) mass is 791 g/mol. The number of anilines is 3. The Morgan fingerprint density at radius 2 is 0.758 bits per heavy atom. The van der Waals surface area contributed by atoms with Crippen LogP contribution >= 0.6 is 0 Å². The third kappa shape index (κ3) is 6.33. The van der Waals surface area contributed by atoms with Crippen LogP contribution < -0.4 is 4.90 Å². The van der Waals surface area contributed by atoms with Gasteiger partial charge in [-0.3, -0.25) is 0 Å². The van der Waals surface area contributed by atoms with Crippen LogP contribution in [0, 0.1) is 0 Å². The van der Waals surface area contributed by atoms with E-state index in [0.29, 0.717) is 0 Å². The van der Waals surface area contributed by atoms with E-state index in [1.54, 1.807) is 0 Å². The maximum absolute atomic E-state index is 2.49. The van der Waals surface area contributed by atoms with Gasteiger partial charge in [-0.25, -0.2) is 0 Å². The zero-order valence-corrected chi connectivity index (χ0v) is 35.0. The largest absolute Gasteiger partial charge is 0.310 e. The number of nitrogens with zero attached hydrogens (tertiary/aromatic N) is 1. The summed E-state index contributed by atoms with van der Waals surface area (Å²) in [6, 6.07) is 86.7. The highest BCUT2D eigenvalue weighted by molar-refractivity contribution is 6.03. The molecule has 1 nitrogen and oxygen atoms in total. The minimum atomic E-state index is -0.0907. The molecule has 0 saturated carbocycles. The van der Waals surface area contributed by atoms with Crippen LogP contribution in [0.3, 0.4) is 0 Å².